The first-order chi connectivity index (χ1) is 16.5. The minimum Gasteiger partial charge on any atom is -0.497 e. The molecular formula is C23H15F5N2O5. The van der Waals surface area contributed by atoms with Crippen molar-refractivity contribution in [3.05, 3.63) is 86.0 Å². The zero-order chi connectivity index (χ0) is 26.0. The number of nitrogens with zero attached hydrogens (tertiary/aromatic N) is 2. The van der Waals surface area contributed by atoms with Gasteiger partial charge in [0.2, 0.25) is 40.7 Å². The number of carbonyl (C=O) groups is 1. The van der Waals surface area contributed by atoms with Crippen molar-refractivity contribution in [3.63, 3.8) is 0 Å². The van der Waals surface area contributed by atoms with Crippen molar-refractivity contribution in [2.75, 3.05) is 13.7 Å². The van der Waals surface area contributed by atoms with Gasteiger partial charge in [0.25, 0.3) is 5.56 Å². The molecule has 0 saturated heterocycles. The van der Waals surface area contributed by atoms with Crippen LogP contribution in [0.3, 0.4) is 0 Å². The van der Waals surface area contributed by atoms with Crippen LogP contribution in [0.2, 0.25) is 0 Å². The molecule has 12 heteroatoms. The number of halogens is 5. The van der Waals surface area contributed by atoms with Crippen LogP contribution in [0.4, 0.5) is 22.0 Å². The van der Waals surface area contributed by atoms with E-state index in [1.165, 1.54) is 14.0 Å². The summed E-state index contributed by atoms with van der Waals surface area (Å²) in [7, 11) is 1.44. The van der Waals surface area contributed by atoms with Gasteiger partial charge in [-0.25, -0.2) is 13.2 Å². The number of aromatic hydroxyl groups is 1. The van der Waals surface area contributed by atoms with Crippen LogP contribution < -0.4 is 15.0 Å². The van der Waals surface area contributed by atoms with E-state index in [4.69, 9.17) is 4.74 Å². The highest BCUT2D eigenvalue weighted by Crippen LogP contribution is 2.30. The fraction of sp³-hybridized carbons (Fsp3) is 0.174. The molecule has 1 heterocycles. The lowest BCUT2D eigenvalue weighted by Gasteiger charge is -2.16. The number of ether oxygens (including phenoxy) is 2. The Bertz CT molecular complexity index is 1400. The number of carbonyl (C=O) groups excluding carboxylic acids is 1. The van der Waals surface area contributed by atoms with Gasteiger partial charge in [-0.15, -0.1) is 0 Å². The molecule has 0 aliphatic heterocycles. The largest absolute Gasteiger partial charge is 0.497 e. The highest BCUT2D eigenvalue weighted by atomic mass is 19.2. The van der Waals surface area contributed by atoms with E-state index in [0.29, 0.717) is 11.3 Å². The summed E-state index contributed by atoms with van der Waals surface area (Å²) < 4.78 is 78.0. The first-order valence-electron chi connectivity index (χ1n) is 9.70. The Morgan fingerprint density at radius 2 is 1.57 bits per heavy atom. The van der Waals surface area contributed by atoms with Gasteiger partial charge in [-0.3, -0.25) is 14.2 Å². The first kappa shape index (κ1) is 25.2. The van der Waals surface area contributed by atoms with Gasteiger partial charge in [0.15, 0.2) is 12.4 Å². The van der Waals surface area contributed by atoms with Crippen LogP contribution in [-0.4, -0.2) is 29.2 Å². The molecule has 0 fully saturated rings. The van der Waals surface area contributed by atoms with E-state index in [1.54, 1.807) is 30.3 Å². The average Bonchev–Trinajstić information content (AvgIpc) is 2.84. The van der Waals surface area contributed by atoms with Gasteiger partial charge >= 0.3 is 0 Å². The summed E-state index contributed by atoms with van der Waals surface area (Å²) in [5.41, 5.74) is -1.80. The Labute approximate surface area is 194 Å². The predicted molar refractivity (Wildman–Crippen MR) is 110 cm³/mol. The van der Waals surface area contributed by atoms with Crippen LogP contribution in [0.25, 0.3) is 0 Å². The number of hydrogen-bond acceptors (Lipinski definition) is 6. The Morgan fingerprint density at radius 3 is 2.09 bits per heavy atom. The third kappa shape index (κ3) is 4.52. The highest BCUT2D eigenvalue weighted by molar-refractivity contribution is 6.01. The van der Waals surface area contributed by atoms with E-state index < -0.39 is 69.8 Å². The number of ketones is 1. The highest BCUT2D eigenvalue weighted by Gasteiger charge is 2.29. The maximum Gasteiger partial charge on any atom is 0.271 e. The summed E-state index contributed by atoms with van der Waals surface area (Å²) in [5.74, 6) is -14.8. The van der Waals surface area contributed by atoms with Crippen molar-refractivity contribution in [2.45, 2.75) is 13.5 Å². The molecule has 2 aromatic carbocycles. The monoisotopic (exact) mass is 494 g/mol. The molecule has 0 aliphatic rings. The molecule has 0 atom stereocenters. The summed E-state index contributed by atoms with van der Waals surface area (Å²) in [6.07, 6.45) is 0. The van der Waals surface area contributed by atoms with E-state index in [0.717, 1.165) is 4.57 Å². The second-order valence-electron chi connectivity index (χ2n) is 7.16. The Hall–Kier alpha value is -4.40. The quantitative estimate of drug-likeness (QED) is 0.232. The fourth-order valence-electron chi connectivity index (χ4n) is 3.27. The number of pyridine rings is 1. The summed E-state index contributed by atoms with van der Waals surface area (Å²) in [6, 6.07) is 7.89. The van der Waals surface area contributed by atoms with Crippen molar-refractivity contribution in [1.82, 2.24) is 4.57 Å². The zero-order valence-corrected chi connectivity index (χ0v) is 18.1. The molecule has 0 unspecified atom stereocenters. The van der Waals surface area contributed by atoms with Crippen molar-refractivity contribution < 1.29 is 41.3 Å². The van der Waals surface area contributed by atoms with Crippen LogP contribution in [0.5, 0.6) is 17.4 Å². The van der Waals surface area contributed by atoms with Gasteiger partial charge in [-0.05, 0) is 30.2 Å². The lowest BCUT2D eigenvalue weighted by molar-refractivity contribution is 0.0908. The SMILES string of the molecule is COc1ccc(Cn2c(O)c(C(=O)COc3c(F)c(F)c(F)c(F)c3F)c(C)c(C#N)c2=O)cc1. The number of hydrogen-bond donors (Lipinski definition) is 1. The molecular weight excluding hydrogens is 479 g/mol. The number of aromatic nitrogens is 1. The summed E-state index contributed by atoms with van der Waals surface area (Å²) in [6.45, 7) is -0.385. The maximum atomic E-state index is 13.8. The Morgan fingerprint density at radius 1 is 1.03 bits per heavy atom. The third-order valence-corrected chi connectivity index (χ3v) is 5.10. The van der Waals surface area contributed by atoms with Crippen molar-refractivity contribution in [2.24, 2.45) is 0 Å². The maximum absolute atomic E-state index is 13.8. The molecule has 0 bridgehead atoms. The van der Waals surface area contributed by atoms with E-state index >= 15 is 0 Å². The molecule has 3 aromatic rings. The van der Waals surface area contributed by atoms with Crippen LogP contribution in [0.1, 0.15) is 27.0 Å². The molecule has 7 nitrogen and oxygen atoms in total. The zero-order valence-electron chi connectivity index (χ0n) is 18.1. The molecule has 0 saturated carbocycles. The standard InChI is InChI=1S/C23H15F5N2O5/c1-10-13(7-29)22(32)30(8-11-3-5-12(34-2)6-4-11)23(33)15(10)14(31)9-35-21-19(27)17(25)16(24)18(26)20(21)28/h3-6,33H,8-9H2,1-2H3. The summed E-state index contributed by atoms with van der Waals surface area (Å²) in [4.78, 5) is 25.5. The average molecular weight is 494 g/mol. The van der Waals surface area contributed by atoms with Crippen LogP contribution >= 0.6 is 0 Å². The lowest BCUT2D eigenvalue weighted by Crippen LogP contribution is -2.28. The van der Waals surface area contributed by atoms with Gasteiger partial charge in [-0.1, -0.05) is 12.1 Å². The second kappa shape index (κ2) is 9.84. The van der Waals surface area contributed by atoms with Crippen LogP contribution in [0, 0.1) is 47.3 Å². The topological polar surface area (TPSA) is 102 Å². The predicted octanol–water partition coefficient (Wildman–Crippen LogP) is 3.75. The lowest BCUT2D eigenvalue weighted by atomic mass is 10.0. The summed E-state index contributed by atoms with van der Waals surface area (Å²) in [5, 5.41) is 20.1. The Balaban J connectivity index is 2.02. The smallest absolute Gasteiger partial charge is 0.271 e. The molecule has 3 rings (SSSR count). The van der Waals surface area contributed by atoms with Gasteiger partial charge in [0.1, 0.15) is 17.4 Å². The molecule has 1 N–H and O–H groups in total. The minimum atomic E-state index is -2.41. The van der Waals surface area contributed by atoms with E-state index in [-0.39, 0.29) is 12.1 Å². The molecule has 0 amide bonds. The van der Waals surface area contributed by atoms with Gasteiger partial charge in [-0.2, -0.15) is 14.0 Å². The minimum absolute atomic E-state index is 0.257. The van der Waals surface area contributed by atoms with Crippen molar-refractivity contribution in [1.29, 1.82) is 5.26 Å². The van der Waals surface area contributed by atoms with Crippen molar-refractivity contribution >= 4 is 5.78 Å². The van der Waals surface area contributed by atoms with Crippen LogP contribution in [0.15, 0.2) is 29.1 Å². The molecule has 1 aromatic heterocycles. The molecule has 182 valence electrons. The van der Waals surface area contributed by atoms with Gasteiger partial charge in [0.05, 0.1) is 19.2 Å². The van der Waals surface area contributed by atoms with E-state index in [2.05, 4.69) is 4.74 Å². The number of nitriles is 1. The fourth-order valence-corrected chi connectivity index (χ4v) is 3.27. The normalized spacial score (nSPS) is 10.7. The molecule has 35 heavy (non-hydrogen) atoms. The number of benzene rings is 2. The van der Waals surface area contributed by atoms with E-state index in [9.17, 15) is 41.9 Å². The molecule has 0 spiro atoms. The number of Topliss-reactive ketones (excluding diaryl/α,β-unsaturated/α-hetero) is 1. The van der Waals surface area contributed by atoms with Crippen LogP contribution in [-0.2, 0) is 6.54 Å². The molecule has 0 aliphatic carbocycles. The van der Waals surface area contributed by atoms with Gasteiger partial charge in [0, 0.05) is 0 Å². The number of rotatable bonds is 7. The second-order valence-corrected chi connectivity index (χ2v) is 7.16. The molecule has 0 radical (unpaired) electrons. The van der Waals surface area contributed by atoms with Crippen molar-refractivity contribution in [3.8, 4) is 23.4 Å². The van der Waals surface area contributed by atoms with Gasteiger partial charge < -0.3 is 14.6 Å². The number of methoxy groups -OCH3 is 1. The third-order valence-electron chi connectivity index (χ3n) is 5.10. The summed E-state index contributed by atoms with van der Waals surface area (Å²) >= 11 is 0. The Kier molecular flexibility index (Phi) is 7.09. The first-order valence-corrected chi connectivity index (χ1v) is 9.70. The van der Waals surface area contributed by atoms with E-state index in [1.807, 2.05) is 0 Å².